The number of Topliss-reactive ketones (excluding diaryl/α,β-unsaturated/α-hetero) is 2. The van der Waals surface area contributed by atoms with Gasteiger partial charge in [-0.25, -0.2) is 0 Å². The van der Waals surface area contributed by atoms with Crippen molar-refractivity contribution in [3.8, 4) is 0 Å². The molecular formula is C42H58O5. The van der Waals surface area contributed by atoms with Gasteiger partial charge in [-0.15, -0.1) is 0 Å². The number of carbonyl (C=O) groups excluding carboxylic acids is 4. The zero-order valence-corrected chi connectivity index (χ0v) is 29.8. The van der Waals surface area contributed by atoms with E-state index in [0.29, 0.717) is 54.0 Å². The normalized spacial score (nSPS) is 48.1. The number of fused-ring (bicyclic) bond motifs is 10. The van der Waals surface area contributed by atoms with E-state index >= 15 is 0 Å². The van der Waals surface area contributed by atoms with Gasteiger partial charge < -0.3 is 5.11 Å². The number of ketones is 4. The van der Waals surface area contributed by atoms with E-state index in [9.17, 15) is 24.3 Å². The highest BCUT2D eigenvalue weighted by molar-refractivity contribution is 5.92. The van der Waals surface area contributed by atoms with Crippen molar-refractivity contribution in [2.24, 2.45) is 63.6 Å². The van der Waals surface area contributed by atoms with Gasteiger partial charge in [0.05, 0.1) is 0 Å². The molecule has 0 aliphatic heterocycles. The first kappa shape index (κ1) is 33.4. The lowest BCUT2D eigenvalue weighted by Crippen LogP contribution is -2.55. The van der Waals surface area contributed by atoms with Crippen LogP contribution in [0.15, 0.2) is 34.9 Å². The summed E-state index contributed by atoms with van der Waals surface area (Å²) < 4.78 is 0. The summed E-state index contributed by atoms with van der Waals surface area (Å²) in [4.78, 5) is 48.1. The van der Waals surface area contributed by atoms with Gasteiger partial charge in [-0.2, -0.15) is 0 Å². The minimum absolute atomic E-state index is 0.0636. The summed E-state index contributed by atoms with van der Waals surface area (Å²) in [5, 5.41) is 11.1. The lowest BCUT2D eigenvalue weighted by atomic mass is 9.47. The van der Waals surface area contributed by atoms with Crippen molar-refractivity contribution < 1.29 is 24.3 Å². The largest absolute Gasteiger partial charge is 0.382 e. The van der Waals surface area contributed by atoms with Crippen molar-refractivity contribution in [2.45, 2.75) is 137 Å². The molecule has 0 heterocycles. The maximum atomic E-state index is 12.2. The molecule has 5 fully saturated rings. The first-order valence-corrected chi connectivity index (χ1v) is 19.0. The summed E-state index contributed by atoms with van der Waals surface area (Å²) in [6.07, 6.45) is 20.3. The SMILES string of the molecule is CC(=O)[C@@]1(O)CC[C@H]2[C@@H]3C=C(C)C4=CC(=O)CC[C@@H]4[C@H]3CC[C@@]21C.CC(=O)[C@H]1CC[C@H]2[C@@H]3CCC4=CC(=O)CC[C@]4(C)[C@H]3CC[C@]12C. The Morgan fingerprint density at radius 1 is 0.745 bits per heavy atom. The molecule has 0 saturated heterocycles. The van der Waals surface area contributed by atoms with Crippen LogP contribution in [-0.2, 0) is 19.2 Å². The monoisotopic (exact) mass is 642 g/mol. The fraction of sp³-hybridized carbons (Fsp3) is 0.762. The highest BCUT2D eigenvalue weighted by atomic mass is 16.3. The summed E-state index contributed by atoms with van der Waals surface area (Å²) in [5.74, 6) is 5.37. The van der Waals surface area contributed by atoms with E-state index in [1.54, 1.807) is 13.8 Å². The summed E-state index contributed by atoms with van der Waals surface area (Å²) in [7, 11) is 0. The van der Waals surface area contributed by atoms with E-state index in [0.717, 1.165) is 69.1 Å². The van der Waals surface area contributed by atoms with Gasteiger partial charge in [-0.3, -0.25) is 19.2 Å². The molecule has 1 N–H and O–H groups in total. The molecule has 0 amide bonds. The minimum Gasteiger partial charge on any atom is -0.382 e. The standard InChI is InChI=1S/C21H28O3.C21H30O2/c1-12-10-18-16(15-5-4-14(23)11-17(12)15)6-8-20(3)19(18)7-9-21(20,24)13(2)22;1-13(22)17-6-7-18-16-5-4-14-12-15(23)8-10-20(14,2)19(16)9-11-21(17,18)3/h10-11,15-16,18-19,24H,4-9H2,1-3H3;12,16-19H,4-11H2,1-3H3/t15-,16-,18-,19+,20+,21+;16-,17+,18-,19-,20-,21+/m10/s1. The molecule has 0 spiro atoms. The van der Waals surface area contributed by atoms with Gasteiger partial charge >= 0.3 is 0 Å². The average molecular weight is 643 g/mol. The molecule has 0 unspecified atom stereocenters. The second-order valence-electron chi connectivity index (χ2n) is 18.1. The van der Waals surface area contributed by atoms with Crippen LogP contribution in [0.1, 0.15) is 131 Å². The zero-order chi connectivity index (χ0) is 33.7. The summed E-state index contributed by atoms with van der Waals surface area (Å²) in [5.41, 5.74) is 3.00. The molecule has 12 atom stereocenters. The summed E-state index contributed by atoms with van der Waals surface area (Å²) in [6, 6.07) is 0. The third-order valence-electron chi connectivity index (χ3n) is 16.4. The molecule has 0 aromatic heterocycles. The maximum absolute atomic E-state index is 12.2. The quantitative estimate of drug-likeness (QED) is 0.327. The van der Waals surface area contributed by atoms with Crippen molar-refractivity contribution in [1.82, 2.24) is 0 Å². The van der Waals surface area contributed by atoms with Crippen molar-refractivity contribution in [2.75, 3.05) is 0 Å². The number of carbonyl (C=O) groups is 4. The fourth-order valence-corrected chi connectivity index (χ4v) is 13.8. The third-order valence-corrected chi connectivity index (χ3v) is 16.4. The van der Waals surface area contributed by atoms with Crippen molar-refractivity contribution in [3.05, 3.63) is 34.9 Å². The molecule has 8 rings (SSSR count). The van der Waals surface area contributed by atoms with Gasteiger partial charge in [0, 0.05) is 24.2 Å². The Morgan fingerprint density at radius 3 is 2.19 bits per heavy atom. The van der Waals surface area contributed by atoms with Crippen LogP contribution in [0.25, 0.3) is 0 Å². The minimum atomic E-state index is -1.15. The predicted octanol–water partition coefficient (Wildman–Crippen LogP) is 8.34. The summed E-state index contributed by atoms with van der Waals surface area (Å²) in [6.45, 7) is 12.5. The highest BCUT2D eigenvalue weighted by Crippen LogP contribution is 2.67. The van der Waals surface area contributed by atoms with E-state index in [1.165, 1.54) is 42.4 Å². The lowest BCUT2D eigenvalue weighted by Gasteiger charge is -2.58. The Kier molecular flexibility index (Phi) is 8.13. The van der Waals surface area contributed by atoms with Crippen LogP contribution >= 0.6 is 0 Å². The van der Waals surface area contributed by atoms with Crippen molar-refractivity contribution in [1.29, 1.82) is 0 Å². The molecule has 5 saturated carbocycles. The Balaban J connectivity index is 0.000000150. The van der Waals surface area contributed by atoms with Gasteiger partial charge in [-0.1, -0.05) is 38.0 Å². The molecular weight excluding hydrogens is 584 g/mol. The average Bonchev–Trinajstić information content (AvgIpc) is 3.52. The molecule has 256 valence electrons. The molecule has 8 aliphatic carbocycles. The number of aliphatic hydroxyl groups is 1. The second-order valence-corrected chi connectivity index (χ2v) is 18.1. The molecule has 0 radical (unpaired) electrons. The Hall–Kier alpha value is -2.14. The Morgan fingerprint density at radius 2 is 1.47 bits per heavy atom. The van der Waals surface area contributed by atoms with E-state index in [-0.39, 0.29) is 27.8 Å². The maximum Gasteiger partial charge on any atom is 0.161 e. The van der Waals surface area contributed by atoms with Crippen LogP contribution < -0.4 is 0 Å². The Labute approximate surface area is 282 Å². The van der Waals surface area contributed by atoms with Crippen LogP contribution in [0.3, 0.4) is 0 Å². The van der Waals surface area contributed by atoms with Crippen LogP contribution in [-0.4, -0.2) is 33.8 Å². The Bertz CT molecular complexity index is 1480. The predicted molar refractivity (Wildman–Crippen MR) is 183 cm³/mol. The zero-order valence-electron chi connectivity index (χ0n) is 29.8. The molecule has 47 heavy (non-hydrogen) atoms. The van der Waals surface area contributed by atoms with E-state index in [1.807, 2.05) is 12.2 Å². The number of allylic oxidation sites excluding steroid dienone is 5. The molecule has 5 nitrogen and oxygen atoms in total. The van der Waals surface area contributed by atoms with Crippen LogP contribution in [0, 0.1) is 63.6 Å². The first-order valence-electron chi connectivity index (χ1n) is 19.0. The lowest BCUT2D eigenvalue weighted by molar-refractivity contribution is -0.155. The van der Waals surface area contributed by atoms with E-state index in [4.69, 9.17) is 0 Å². The van der Waals surface area contributed by atoms with Gasteiger partial charge in [0.25, 0.3) is 0 Å². The third kappa shape index (κ3) is 4.85. The number of rotatable bonds is 2. The highest BCUT2D eigenvalue weighted by Gasteiger charge is 2.64. The molecule has 5 heteroatoms. The number of hydrogen-bond donors (Lipinski definition) is 1. The molecule has 0 aromatic rings. The van der Waals surface area contributed by atoms with Crippen molar-refractivity contribution in [3.63, 3.8) is 0 Å². The second kappa shape index (κ2) is 11.5. The molecule has 8 aliphatic rings. The molecule has 0 bridgehead atoms. The van der Waals surface area contributed by atoms with Crippen LogP contribution in [0.4, 0.5) is 0 Å². The van der Waals surface area contributed by atoms with Gasteiger partial charge in [0.2, 0.25) is 0 Å². The van der Waals surface area contributed by atoms with Gasteiger partial charge in [-0.05, 0) is 168 Å². The van der Waals surface area contributed by atoms with Gasteiger partial charge in [0.15, 0.2) is 17.3 Å². The first-order chi connectivity index (χ1) is 22.1. The van der Waals surface area contributed by atoms with Crippen LogP contribution in [0.5, 0.6) is 0 Å². The number of hydrogen-bond acceptors (Lipinski definition) is 5. The summed E-state index contributed by atoms with van der Waals surface area (Å²) >= 11 is 0. The topological polar surface area (TPSA) is 88.5 Å². The van der Waals surface area contributed by atoms with Crippen LogP contribution in [0.2, 0.25) is 0 Å². The van der Waals surface area contributed by atoms with Gasteiger partial charge in [0.1, 0.15) is 11.4 Å². The molecule has 0 aromatic carbocycles. The van der Waals surface area contributed by atoms with E-state index in [2.05, 4.69) is 33.8 Å². The van der Waals surface area contributed by atoms with Crippen molar-refractivity contribution >= 4 is 23.1 Å². The van der Waals surface area contributed by atoms with E-state index < -0.39 is 5.60 Å². The fourth-order valence-electron chi connectivity index (χ4n) is 13.8. The smallest absolute Gasteiger partial charge is 0.161 e.